The molecule has 2 rings (SSSR count). The highest BCUT2D eigenvalue weighted by atomic mass is 16.2. The molecule has 0 saturated carbocycles. The largest absolute Gasteiger partial charge is 0.346 e. The molecule has 24 heavy (non-hydrogen) atoms. The normalized spacial score (nSPS) is 12.5. The molecule has 0 bridgehead atoms. The zero-order chi connectivity index (χ0) is 18.3. The summed E-state index contributed by atoms with van der Waals surface area (Å²) in [5.74, 6) is -0.137. The highest BCUT2D eigenvalue weighted by Gasteiger charge is 2.28. The molecular weight excluding hydrogens is 302 g/mol. The molecule has 2 aromatic heterocycles. The minimum absolute atomic E-state index is 0.137. The van der Waals surface area contributed by atoms with Crippen molar-refractivity contribution < 1.29 is 4.79 Å². The van der Waals surface area contributed by atoms with Crippen LogP contribution < -0.4 is 5.32 Å². The molecule has 0 saturated heterocycles. The summed E-state index contributed by atoms with van der Waals surface area (Å²) in [5, 5.41) is 14.7. The van der Waals surface area contributed by atoms with Crippen molar-refractivity contribution in [1.29, 1.82) is 0 Å². The number of aromatic nitrogens is 4. The van der Waals surface area contributed by atoms with Gasteiger partial charge in [-0.3, -0.25) is 14.6 Å². The van der Waals surface area contributed by atoms with Crippen molar-refractivity contribution in [3.05, 3.63) is 23.1 Å². The summed E-state index contributed by atoms with van der Waals surface area (Å²) in [6, 6.07) is 1.79. The molecule has 6 heteroatoms. The van der Waals surface area contributed by atoms with Crippen LogP contribution in [-0.2, 0) is 7.05 Å². The fourth-order valence-corrected chi connectivity index (χ4v) is 3.46. The molecule has 2 aromatic rings. The zero-order valence-corrected chi connectivity index (χ0v) is 16.0. The first kappa shape index (κ1) is 18.2. The lowest BCUT2D eigenvalue weighted by Gasteiger charge is -2.33. The summed E-state index contributed by atoms with van der Waals surface area (Å²) in [6.45, 7) is 14.5. The summed E-state index contributed by atoms with van der Waals surface area (Å²) >= 11 is 0. The number of nitrogens with zero attached hydrogens (tertiary/aromatic N) is 3. The van der Waals surface area contributed by atoms with Gasteiger partial charge < -0.3 is 5.32 Å². The van der Waals surface area contributed by atoms with Crippen LogP contribution in [0.2, 0.25) is 0 Å². The van der Waals surface area contributed by atoms with E-state index in [-0.39, 0.29) is 16.9 Å². The number of carbonyl (C=O) groups is 1. The lowest BCUT2D eigenvalue weighted by Crippen LogP contribution is -2.45. The van der Waals surface area contributed by atoms with Gasteiger partial charge in [-0.05, 0) is 45.6 Å². The Hall–Kier alpha value is -2.11. The number of carbonyl (C=O) groups excluding carboxylic acids is 1. The molecule has 0 aliphatic heterocycles. The quantitative estimate of drug-likeness (QED) is 0.902. The van der Waals surface area contributed by atoms with Crippen molar-refractivity contribution in [1.82, 2.24) is 25.3 Å². The van der Waals surface area contributed by atoms with E-state index >= 15 is 0 Å². The van der Waals surface area contributed by atoms with Gasteiger partial charge in [-0.15, -0.1) is 0 Å². The number of amides is 1. The Morgan fingerprint density at radius 2 is 1.88 bits per heavy atom. The first-order valence-corrected chi connectivity index (χ1v) is 8.28. The van der Waals surface area contributed by atoms with Crippen LogP contribution in [0.1, 0.15) is 62.9 Å². The second-order valence-corrected chi connectivity index (χ2v) is 8.41. The number of aryl methyl sites for hydroxylation is 2. The number of nitrogens with one attached hydrogen (secondary N) is 2. The number of hydrogen-bond donors (Lipinski definition) is 2. The minimum atomic E-state index is -0.291. The van der Waals surface area contributed by atoms with E-state index in [1.165, 1.54) is 0 Å². The number of hydrogen-bond acceptors (Lipinski definition) is 3. The van der Waals surface area contributed by atoms with Gasteiger partial charge >= 0.3 is 0 Å². The van der Waals surface area contributed by atoms with E-state index in [0.29, 0.717) is 5.69 Å². The maximum absolute atomic E-state index is 12.6. The van der Waals surface area contributed by atoms with Gasteiger partial charge in [0.25, 0.3) is 5.91 Å². The average molecular weight is 331 g/mol. The predicted octanol–water partition coefficient (Wildman–Crippen LogP) is 3.37. The van der Waals surface area contributed by atoms with Gasteiger partial charge in [-0.25, -0.2) is 0 Å². The van der Waals surface area contributed by atoms with E-state index in [4.69, 9.17) is 0 Å². The first-order chi connectivity index (χ1) is 10.9. The SMILES string of the molecule is Cc1nn(C)c(C)c1-c1cc(C(=O)NC(C)(C)CC(C)(C)C)[nH]n1. The van der Waals surface area contributed by atoms with Crippen molar-refractivity contribution in [2.75, 3.05) is 0 Å². The Morgan fingerprint density at radius 1 is 1.25 bits per heavy atom. The number of H-pyrrole nitrogens is 1. The molecule has 0 spiro atoms. The Kier molecular flexibility index (Phi) is 4.61. The van der Waals surface area contributed by atoms with Crippen LogP contribution in [0, 0.1) is 19.3 Å². The Labute approximate surface area is 144 Å². The summed E-state index contributed by atoms with van der Waals surface area (Å²) in [7, 11) is 1.90. The van der Waals surface area contributed by atoms with E-state index in [2.05, 4.69) is 41.4 Å². The van der Waals surface area contributed by atoms with Crippen LogP contribution in [0.5, 0.6) is 0 Å². The maximum Gasteiger partial charge on any atom is 0.269 e. The molecular formula is C18H29N5O. The number of rotatable bonds is 4. The molecule has 0 aliphatic rings. The standard InChI is InChI=1S/C18H29N5O/c1-11-15(12(2)23(8)22-11)13-9-14(21-20-13)16(24)19-18(6,7)10-17(3,4)5/h9H,10H2,1-8H3,(H,19,24)(H,20,21). The molecule has 0 aromatic carbocycles. The van der Waals surface area contributed by atoms with E-state index < -0.39 is 0 Å². The Bertz CT molecular complexity index is 746. The number of aromatic amines is 1. The molecule has 1 amide bonds. The molecule has 0 unspecified atom stereocenters. The van der Waals surface area contributed by atoms with Crippen molar-refractivity contribution in [3.63, 3.8) is 0 Å². The van der Waals surface area contributed by atoms with Gasteiger partial charge in [-0.1, -0.05) is 20.8 Å². The van der Waals surface area contributed by atoms with Gasteiger partial charge in [0.1, 0.15) is 5.69 Å². The van der Waals surface area contributed by atoms with Crippen molar-refractivity contribution in [2.45, 2.75) is 60.4 Å². The third kappa shape index (κ3) is 4.04. The van der Waals surface area contributed by atoms with Crippen molar-refractivity contribution in [2.24, 2.45) is 12.5 Å². The monoisotopic (exact) mass is 331 g/mol. The molecule has 132 valence electrons. The smallest absolute Gasteiger partial charge is 0.269 e. The fourth-order valence-electron chi connectivity index (χ4n) is 3.46. The maximum atomic E-state index is 12.6. The summed E-state index contributed by atoms with van der Waals surface area (Å²) in [4.78, 5) is 12.6. The third-order valence-electron chi connectivity index (χ3n) is 4.01. The van der Waals surface area contributed by atoms with E-state index in [1.807, 2.05) is 39.4 Å². The van der Waals surface area contributed by atoms with Crippen LogP contribution >= 0.6 is 0 Å². The predicted molar refractivity (Wildman–Crippen MR) is 95.9 cm³/mol. The topological polar surface area (TPSA) is 75.6 Å². The molecule has 2 N–H and O–H groups in total. The Balaban J connectivity index is 2.20. The van der Waals surface area contributed by atoms with Crippen LogP contribution in [0.3, 0.4) is 0 Å². The van der Waals surface area contributed by atoms with Crippen LogP contribution in [0.25, 0.3) is 11.3 Å². The summed E-state index contributed by atoms with van der Waals surface area (Å²) in [6.07, 6.45) is 0.882. The molecule has 0 aliphatic carbocycles. The van der Waals surface area contributed by atoms with Gasteiger partial charge in [0, 0.05) is 23.8 Å². The van der Waals surface area contributed by atoms with Gasteiger partial charge in [0.05, 0.1) is 11.4 Å². The third-order valence-corrected chi connectivity index (χ3v) is 4.01. The lowest BCUT2D eigenvalue weighted by atomic mass is 9.82. The summed E-state index contributed by atoms with van der Waals surface area (Å²) in [5.41, 5.74) is 3.97. The van der Waals surface area contributed by atoms with Crippen LogP contribution in [0.4, 0.5) is 0 Å². The second kappa shape index (κ2) is 6.07. The lowest BCUT2D eigenvalue weighted by molar-refractivity contribution is 0.0886. The first-order valence-electron chi connectivity index (χ1n) is 8.28. The zero-order valence-electron chi connectivity index (χ0n) is 16.0. The average Bonchev–Trinajstić information content (AvgIpc) is 2.92. The Morgan fingerprint density at radius 3 is 2.38 bits per heavy atom. The van der Waals surface area contributed by atoms with Crippen molar-refractivity contribution in [3.8, 4) is 11.3 Å². The highest BCUT2D eigenvalue weighted by Crippen LogP contribution is 2.28. The molecule has 2 heterocycles. The van der Waals surface area contributed by atoms with E-state index in [1.54, 1.807) is 6.07 Å². The van der Waals surface area contributed by atoms with Crippen LogP contribution in [0.15, 0.2) is 6.07 Å². The van der Waals surface area contributed by atoms with Gasteiger partial charge in [0.15, 0.2) is 0 Å². The molecule has 0 atom stereocenters. The fraction of sp³-hybridized carbons (Fsp3) is 0.611. The summed E-state index contributed by atoms with van der Waals surface area (Å²) < 4.78 is 1.82. The molecule has 0 radical (unpaired) electrons. The minimum Gasteiger partial charge on any atom is -0.346 e. The highest BCUT2D eigenvalue weighted by molar-refractivity contribution is 5.94. The van der Waals surface area contributed by atoms with Gasteiger partial charge in [-0.2, -0.15) is 10.2 Å². The van der Waals surface area contributed by atoms with E-state index in [0.717, 1.165) is 29.1 Å². The van der Waals surface area contributed by atoms with E-state index in [9.17, 15) is 4.79 Å². The second-order valence-electron chi connectivity index (χ2n) is 8.41. The van der Waals surface area contributed by atoms with Gasteiger partial charge in [0.2, 0.25) is 0 Å². The van der Waals surface area contributed by atoms with Crippen molar-refractivity contribution >= 4 is 5.91 Å². The molecule has 6 nitrogen and oxygen atoms in total. The van der Waals surface area contributed by atoms with Crippen LogP contribution in [-0.4, -0.2) is 31.4 Å². The molecule has 0 fully saturated rings.